The molecule has 1 aromatic rings. The van der Waals surface area contributed by atoms with Crippen LogP contribution in [0.3, 0.4) is 0 Å². The van der Waals surface area contributed by atoms with Crippen molar-refractivity contribution in [3.8, 4) is 0 Å². The zero-order valence-electron chi connectivity index (χ0n) is 8.43. The lowest BCUT2D eigenvalue weighted by Crippen LogP contribution is -2.22. The number of nitrogens with zero attached hydrogens (tertiary/aromatic N) is 1. The second-order valence-corrected chi connectivity index (χ2v) is 4.33. The Kier molecular flexibility index (Phi) is 3.95. The molecule has 0 aliphatic rings. The first-order chi connectivity index (χ1) is 6.61. The highest BCUT2D eigenvalue weighted by Crippen LogP contribution is 2.20. The molecule has 0 aliphatic heterocycles. The Balaban J connectivity index is 2.35. The summed E-state index contributed by atoms with van der Waals surface area (Å²) in [5.41, 5.74) is 0. The number of hydrogen-bond acceptors (Lipinski definition) is 3. The van der Waals surface area contributed by atoms with E-state index in [4.69, 9.17) is 5.11 Å². The quantitative estimate of drug-likeness (QED) is 0.816. The molecule has 0 fully saturated rings. The van der Waals surface area contributed by atoms with E-state index in [1.807, 2.05) is 24.6 Å². The number of thiophene rings is 1. The Morgan fingerprint density at radius 2 is 2.43 bits per heavy atom. The van der Waals surface area contributed by atoms with Crippen LogP contribution in [0.4, 0.5) is 5.00 Å². The van der Waals surface area contributed by atoms with Gasteiger partial charge in [-0.2, -0.15) is 0 Å². The van der Waals surface area contributed by atoms with Gasteiger partial charge >= 0.3 is 5.97 Å². The summed E-state index contributed by atoms with van der Waals surface area (Å²) < 4.78 is 0. The summed E-state index contributed by atoms with van der Waals surface area (Å²) in [5.74, 6) is -0.984. The van der Waals surface area contributed by atoms with Crippen LogP contribution in [0.25, 0.3) is 0 Å². The van der Waals surface area contributed by atoms with Crippen molar-refractivity contribution in [2.45, 2.75) is 13.3 Å². The fraction of sp³-hybridized carbons (Fsp3) is 0.500. The van der Waals surface area contributed by atoms with Gasteiger partial charge in [-0.1, -0.05) is 6.92 Å². The lowest BCUT2D eigenvalue weighted by atomic mass is 10.1. The zero-order chi connectivity index (χ0) is 10.6. The maximum absolute atomic E-state index is 10.6. The second kappa shape index (κ2) is 5.00. The van der Waals surface area contributed by atoms with E-state index in [-0.39, 0.29) is 5.92 Å². The van der Waals surface area contributed by atoms with Crippen LogP contribution in [-0.4, -0.2) is 24.7 Å². The maximum atomic E-state index is 10.6. The molecule has 4 heteroatoms. The third kappa shape index (κ3) is 3.03. The highest BCUT2D eigenvalue weighted by molar-refractivity contribution is 7.14. The highest BCUT2D eigenvalue weighted by atomic mass is 32.1. The summed E-state index contributed by atoms with van der Waals surface area (Å²) in [4.78, 5) is 12.7. The lowest BCUT2D eigenvalue weighted by Gasteiger charge is -2.17. The van der Waals surface area contributed by atoms with E-state index in [1.54, 1.807) is 18.3 Å². The molecule has 14 heavy (non-hydrogen) atoms. The summed E-state index contributed by atoms with van der Waals surface area (Å²) >= 11 is 1.67. The lowest BCUT2D eigenvalue weighted by molar-refractivity contribution is -0.141. The predicted molar refractivity (Wildman–Crippen MR) is 59.0 cm³/mol. The molecule has 0 aliphatic carbocycles. The molecule has 1 atom stereocenters. The number of aliphatic carboxylic acids is 1. The molecular weight excluding hydrogens is 198 g/mol. The minimum absolute atomic E-state index is 0.266. The normalized spacial score (nSPS) is 12.4. The topological polar surface area (TPSA) is 40.5 Å². The predicted octanol–water partition coefficient (Wildman–Crippen LogP) is 2.30. The third-order valence-electron chi connectivity index (χ3n) is 2.20. The van der Waals surface area contributed by atoms with Gasteiger partial charge in [0.25, 0.3) is 0 Å². The molecule has 0 radical (unpaired) electrons. The maximum Gasteiger partial charge on any atom is 0.306 e. The summed E-state index contributed by atoms with van der Waals surface area (Å²) in [6, 6.07) is 4.03. The molecule has 3 nitrogen and oxygen atoms in total. The van der Waals surface area contributed by atoms with E-state index in [0.717, 1.165) is 6.54 Å². The zero-order valence-corrected chi connectivity index (χ0v) is 9.25. The fourth-order valence-corrected chi connectivity index (χ4v) is 1.83. The number of carboxylic acid groups (broad SMARTS) is 1. The minimum Gasteiger partial charge on any atom is -0.481 e. The molecule has 78 valence electrons. The summed E-state index contributed by atoms with van der Waals surface area (Å²) in [5, 5.41) is 11.9. The first-order valence-corrected chi connectivity index (χ1v) is 5.46. The van der Waals surface area contributed by atoms with Crippen molar-refractivity contribution in [3.05, 3.63) is 17.5 Å². The average Bonchev–Trinajstić information content (AvgIpc) is 2.66. The number of carboxylic acids is 1. The molecule has 1 N–H and O–H groups in total. The Bertz CT molecular complexity index is 284. The Labute approximate surface area is 88.0 Å². The van der Waals surface area contributed by atoms with Gasteiger partial charge in [-0.3, -0.25) is 4.79 Å². The van der Waals surface area contributed by atoms with Gasteiger partial charge in [0.15, 0.2) is 0 Å². The number of hydrogen-bond donors (Lipinski definition) is 1. The Morgan fingerprint density at radius 3 is 2.93 bits per heavy atom. The van der Waals surface area contributed by atoms with Crippen molar-refractivity contribution in [3.63, 3.8) is 0 Å². The van der Waals surface area contributed by atoms with Gasteiger partial charge in [0, 0.05) is 13.6 Å². The molecule has 0 aromatic carbocycles. The van der Waals surface area contributed by atoms with Crippen molar-refractivity contribution < 1.29 is 9.90 Å². The van der Waals surface area contributed by atoms with E-state index < -0.39 is 5.97 Å². The van der Waals surface area contributed by atoms with Gasteiger partial charge in [-0.05, 0) is 23.9 Å². The SMILES string of the molecule is CC(CCN(C)c1cccs1)C(=O)O. The van der Waals surface area contributed by atoms with E-state index in [9.17, 15) is 4.79 Å². The van der Waals surface area contributed by atoms with Gasteiger partial charge in [-0.25, -0.2) is 0 Å². The number of anilines is 1. The van der Waals surface area contributed by atoms with Gasteiger partial charge in [0.1, 0.15) is 0 Å². The molecule has 0 bridgehead atoms. The van der Waals surface area contributed by atoms with Crippen molar-refractivity contribution in [1.29, 1.82) is 0 Å². The van der Waals surface area contributed by atoms with E-state index >= 15 is 0 Å². The summed E-state index contributed by atoms with van der Waals surface area (Å²) in [7, 11) is 1.99. The Hall–Kier alpha value is -1.03. The summed E-state index contributed by atoms with van der Waals surface area (Å²) in [6.07, 6.45) is 0.684. The second-order valence-electron chi connectivity index (χ2n) is 3.40. The van der Waals surface area contributed by atoms with Crippen LogP contribution >= 0.6 is 11.3 Å². The van der Waals surface area contributed by atoms with Crippen LogP contribution < -0.4 is 4.90 Å². The van der Waals surface area contributed by atoms with Crippen LogP contribution in [0.1, 0.15) is 13.3 Å². The van der Waals surface area contributed by atoms with E-state index in [2.05, 4.69) is 4.90 Å². The molecule has 1 aromatic heterocycles. The molecular formula is C10H15NO2S. The largest absolute Gasteiger partial charge is 0.481 e. The smallest absolute Gasteiger partial charge is 0.306 e. The van der Waals surface area contributed by atoms with Crippen LogP contribution in [-0.2, 0) is 4.79 Å². The third-order valence-corrected chi connectivity index (χ3v) is 3.18. The Morgan fingerprint density at radius 1 is 1.71 bits per heavy atom. The molecule has 0 saturated heterocycles. The molecule has 1 unspecified atom stereocenters. The van der Waals surface area contributed by atoms with Crippen molar-refractivity contribution >= 4 is 22.3 Å². The standard InChI is InChI=1S/C10H15NO2S/c1-8(10(12)13)5-6-11(2)9-4-3-7-14-9/h3-4,7-8H,5-6H2,1-2H3,(H,12,13). The van der Waals surface area contributed by atoms with Crippen molar-refractivity contribution in [2.75, 3.05) is 18.5 Å². The van der Waals surface area contributed by atoms with Crippen LogP contribution in [0.15, 0.2) is 17.5 Å². The molecule has 1 heterocycles. The van der Waals surface area contributed by atoms with Crippen LogP contribution in [0, 0.1) is 5.92 Å². The number of carbonyl (C=O) groups is 1. The first kappa shape index (κ1) is 11.0. The monoisotopic (exact) mass is 213 g/mol. The van der Waals surface area contributed by atoms with Gasteiger partial charge < -0.3 is 10.0 Å². The average molecular weight is 213 g/mol. The van der Waals surface area contributed by atoms with E-state index in [1.165, 1.54) is 5.00 Å². The van der Waals surface area contributed by atoms with Gasteiger partial charge in [-0.15, -0.1) is 11.3 Å². The summed E-state index contributed by atoms with van der Waals surface area (Å²) in [6.45, 7) is 2.53. The fourth-order valence-electron chi connectivity index (χ4n) is 1.11. The van der Waals surface area contributed by atoms with Crippen LogP contribution in [0.2, 0.25) is 0 Å². The van der Waals surface area contributed by atoms with Gasteiger partial charge in [0.05, 0.1) is 10.9 Å². The van der Waals surface area contributed by atoms with Crippen LogP contribution in [0.5, 0.6) is 0 Å². The number of rotatable bonds is 5. The van der Waals surface area contributed by atoms with Gasteiger partial charge in [0.2, 0.25) is 0 Å². The first-order valence-electron chi connectivity index (χ1n) is 4.58. The molecule has 0 amide bonds. The molecule has 0 spiro atoms. The minimum atomic E-state index is -0.718. The molecule has 1 rings (SSSR count). The van der Waals surface area contributed by atoms with Crippen molar-refractivity contribution in [1.82, 2.24) is 0 Å². The highest BCUT2D eigenvalue weighted by Gasteiger charge is 2.11. The molecule has 0 saturated carbocycles. The van der Waals surface area contributed by atoms with Crippen molar-refractivity contribution in [2.24, 2.45) is 5.92 Å². The van der Waals surface area contributed by atoms with E-state index in [0.29, 0.717) is 6.42 Å².